The minimum Gasteiger partial charge on any atom is -0.760 e. The van der Waals surface area contributed by atoms with Gasteiger partial charge in [-0.25, -0.2) is 4.72 Å². The van der Waals surface area contributed by atoms with Crippen molar-refractivity contribution in [2.24, 2.45) is 0 Å². The first kappa shape index (κ1) is 18.1. The lowest BCUT2D eigenvalue weighted by atomic mass is 10.1. The molecule has 5 heteroatoms. The Morgan fingerprint density at radius 2 is 1.77 bits per heavy atom. The average Bonchev–Trinajstić information content (AvgIpc) is 2.54. The Morgan fingerprint density at radius 1 is 1.18 bits per heavy atom. The van der Waals surface area contributed by atoms with E-state index in [4.69, 9.17) is 4.74 Å². The molecule has 0 aliphatic rings. The smallest absolute Gasteiger partial charge is 0.118 e. The minimum atomic E-state index is -2.25. The van der Waals surface area contributed by atoms with Gasteiger partial charge < -0.3 is 9.29 Å². The Labute approximate surface area is 134 Å². The van der Waals surface area contributed by atoms with Crippen molar-refractivity contribution in [1.82, 2.24) is 4.72 Å². The number of nitrogens with one attached hydrogen (secondary N) is 1. The van der Waals surface area contributed by atoms with Crippen molar-refractivity contribution in [3.05, 3.63) is 72.3 Å². The molecule has 0 amide bonds. The van der Waals surface area contributed by atoms with Gasteiger partial charge in [0.15, 0.2) is 0 Å². The van der Waals surface area contributed by atoms with Crippen LogP contribution in [0, 0.1) is 6.92 Å². The summed E-state index contributed by atoms with van der Waals surface area (Å²) in [5, 5.41) is 0. The second-order valence-corrected chi connectivity index (χ2v) is 5.30. The molecular formula is C17H20NO3S-. The van der Waals surface area contributed by atoms with Crippen molar-refractivity contribution in [2.45, 2.75) is 6.92 Å². The maximum absolute atomic E-state index is 10.3. The van der Waals surface area contributed by atoms with E-state index in [0.717, 1.165) is 11.3 Å². The molecule has 0 aliphatic heterocycles. The van der Waals surface area contributed by atoms with E-state index in [2.05, 4.69) is 30.4 Å². The van der Waals surface area contributed by atoms with E-state index >= 15 is 0 Å². The van der Waals surface area contributed by atoms with Gasteiger partial charge in [-0.3, -0.25) is 4.21 Å². The van der Waals surface area contributed by atoms with Gasteiger partial charge in [-0.05, 0) is 30.2 Å². The number of benzene rings is 2. The predicted octanol–water partition coefficient (Wildman–Crippen LogP) is 3.09. The lowest BCUT2D eigenvalue weighted by molar-refractivity contribution is 0.415. The molecule has 0 saturated heterocycles. The summed E-state index contributed by atoms with van der Waals surface area (Å²) in [7, 11) is 1.59. The predicted molar refractivity (Wildman–Crippen MR) is 90.1 cm³/mol. The van der Waals surface area contributed by atoms with Crippen molar-refractivity contribution in [1.29, 1.82) is 0 Å². The van der Waals surface area contributed by atoms with Crippen LogP contribution < -0.4 is 9.46 Å². The van der Waals surface area contributed by atoms with Gasteiger partial charge in [-0.2, -0.15) is 0 Å². The highest BCUT2D eigenvalue weighted by molar-refractivity contribution is 7.77. The zero-order chi connectivity index (χ0) is 16.4. The lowest BCUT2D eigenvalue weighted by Gasteiger charge is -2.10. The first-order valence-electron chi connectivity index (χ1n) is 6.69. The van der Waals surface area contributed by atoms with E-state index in [1.807, 2.05) is 30.3 Å². The number of ether oxygens (including phenoxy) is 1. The number of aryl methyl sites for hydroxylation is 1. The molecule has 2 aromatic carbocycles. The Bertz CT molecular complexity index is 597. The van der Waals surface area contributed by atoms with E-state index in [1.54, 1.807) is 19.2 Å². The highest BCUT2D eigenvalue weighted by atomic mass is 32.2. The zero-order valence-corrected chi connectivity index (χ0v) is 13.6. The highest BCUT2D eigenvalue weighted by Gasteiger charge is 1.98. The van der Waals surface area contributed by atoms with Crippen molar-refractivity contribution < 1.29 is 13.5 Å². The van der Waals surface area contributed by atoms with Gasteiger partial charge in [0.05, 0.1) is 7.11 Å². The van der Waals surface area contributed by atoms with Crippen LogP contribution in [0.1, 0.15) is 11.1 Å². The first-order chi connectivity index (χ1) is 10.5. The van der Waals surface area contributed by atoms with Gasteiger partial charge in [0.25, 0.3) is 0 Å². The van der Waals surface area contributed by atoms with Crippen LogP contribution in [0.2, 0.25) is 0 Å². The fourth-order valence-electron chi connectivity index (χ4n) is 1.61. The molecule has 2 aromatic rings. The standard InChI is InChI=1S/C10H13NO3S.C7H8/c1-8(7-11-15(12)13)9-3-5-10(14-2)6-4-9;1-7-5-3-2-4-6-7/h3-6,11H,1,7H2,2H3,(H,12,13);2-6H,1H3/p-1. The molecule has 118 valence electrons. The zero-order valence-electron chi connectivity index (χ0n) is 12.7. The summed E-state index contributed by atoms with van der Waals surface area (Å²) in [6, 6.07) is 17.5. The van der Waals surface area contributed by atoms with Crippen molar-refractivity contribution in [3.63, 3.8) is 0 Å². The van der Waals surface area contributed by atoms with Crippen LogP contribution in [-0.4, -0.2) is 22.4 Å². The Kier molecular flexibility index (Phi) is 8.14. The maximum atomic E-state index is 10.3. The van der Waals surface area contributed by atoms with Crippen molar-refractivity contribution in [3.8, 4) is 5.75 Å². The topological polar surface area (TPSA) is 61.4 Å². The van der Waals surface area contributed by atoms with Gasteiger partial charge in [0.1, 0.15) is 5.75 Å². The molecule has 0 aromatic heterocycles. The summed E-state index contributed by atoms with van der Waals surface area (Å²) < 4.78 is 27.8. The summed E-state index contributed by atoms with van der Waals surface area (Å²) in [6.07, 6.45) is 0. The number of methoxy groups -OCH3 is 1. The molecule has 4 nitrogen and oxygen atoms in total. The van der Waals surface area contributed by atoms with Crippen LogP contribution in [0.5, 0.6) is 5.75 Å². The quantitative estimate of drug-likeness (QED) is 0.862. The molecule has 22 heavy (non-hydrogen) atoms. The molecule has 0 fully saturated rings. The molecule has 0 bridgehead atoms. The molecule has 0 spiro atoms. The number of rotatable bonds is 5. The SMILES string of the molecule is C=C(CNS(=O)[O-])c1ccc(OC)cc1.Cc1ccccc1. The summed E-state index contributed by atoms with van der Waals surface area (Å²) >= 11 is -2.25. The first-order valence-corrected chi connectivity index (χ1v) is 7.77. The summed E-state index contributed by atoms with van der Waals surface area (Å²) in [5.74, 6) is 0.756. The Hall–Kier alpha value is -1.95. The number of hydrogen-bond donors (Lipinski definition) is 1. The van der Waals surface area contributed by atoms with Crippen molar-refractivity contribution >= 4 is 16.8 Å². The van der Waals surface area contributed by atoms with Gasteiger partial charge in [-0.1, -0.05) is 54.6 Å². The second-order valence-electron chi connectivity index (χ2n) is 4.54. The fraction of sp³-hybridized carbons (Fsp3) is 0.176. The monoisotopic (exact) mass is 318 g/mol. The third kappa shape index (κ3) is 7.17. The normalized spacial score (nSPS) is 11.0. The van der Waals surface area contributed by atoms with Gasteiger partial charge in [0, 0.05) is 17.8 Å². The lowest BCUT2D eigenvalue weighted by Crippen LogP contribution is -2.18. The van der Waals surface area contributed by atoms with Crippen LogP contribution in [0.25, 0.3) is 5.57 Å². The number of hydrogen-bond acceptors (Lipinski definition) is 3. The Balaban J connectivity index is 0.000000287. The van der Waals surface area contributed by atoms with E-state index in [9.17, 15) is 8.76 Å². The maximum Gasteiger partial charge on any atom is 0.118 e. The summed E-state index contributed by atoms with van der Waals surface area (Å²) in [5.41, 5.74) is 2.91. The molecule has 0 heterocycles. The van der Waals surface area contributed by atoms with E-state index in [-0.39, 0.29) is 6.54 Å². The Morgan fingerprint density at radius 3 is 2.18 bits per heavy atom. The van der Waals surface area contributed by atoms with Gasteiger partial charge in [0.2, 0.25) is 0 Å². The molecule has 2 rings (SSSR count). The van der Waals surface area contributed by atoms with Crippen LogP contribution in [0.3, 0.4) is 0 Å². The third-order valence-corrected chi connectivity index (χ3v) is 3.22. The summed E-state index contributed by atoms with van der Waals surface area (Å²) in [6.45, 7) is 6.07. The largest absolute Gasteiger partial charge is 0.760 e. The molecular weight excluding hydrogens is 298 g/mol. The van der Waals surface area contributed by atoms with E-state index in [1.165, 1.54) is 5.56 Å². The van der Waals surface area contributed by atoms with Crippen molar-refractivity contribution in [2.75, 3.05) is 13.7 Å². The van der Waals surface area contributed by atoms with E-state index in [0.29, 0.717) is 5.57 Å². The molecule has 0 aliphatic carbocycles. The van der Waals surface area contributed by atoms with Crippen LogP contribution in [-0.2, 0) is 11.3 Å². The second kappa shape index (κ2) is 9.89. The van der Waals surface area contributed by atoms with Crippen LogP contribution >= 0.6 is 0 Å². The third-order valence-electron chi connectivity index (χ3n) is 2.84. The molecule has 1 N–H and O–H groups in total. The average molecular weight is 318 g/mol. The fourth-order valence-corrected chi connectivity index (χ4v) is 1.90. The van der Waals surface area contributed by atoms with Gasteiger partial charge in [-0.15, -0.1) is 0 Å². The minimum absolute atomic E-state index is 0.211. The van der Waals surface area contributed by atoms with Crippen LogP contribution in [0.15, 0.2) is 61.2 Å². The molecule has 0 radical (unpaired) electrons. The van der Waals surface area contributed by atoms with Gasteiger partial charge >= 0.3 is 0 Å². The summed E-state index contributed by atoms with van der Waals surface area (Å²) in [4.78, 5) is 0. The molecule has 1 unspecified atom stereocenters. The molecule has 0 saturated carbocycles. The molecule has 1 atom stereocenters. The van der Waals surface area contributed by atoms with Crippen LogP contribution in [0.4, 0.5) is 0 Å². The van der Waals surface area contributed by atoms with E-state index < -0.39 is 11.3 Å². The highest BCUT2D eigenvalue weighted by Crippen LogP contribution is 2.16.